The number of nitrogens with zero attached hydrogens (tertiary/aromatic N) is 2. The summed E-state index contributed by atoms with van der Waals surface area (Å²) in [5.41, 5.74) is 0.849. The van der Waals surface area contributed by atoms with Gasteiger partial charge in [0.1, 0.15) is 0 Å². The molecule has 0 saturated carbocycles. The van der Waals surface area contributed by atoms with Crippen LogP contribution in [0.1, 0.15) is 24.5 Å². The van der Waals surface area contributed by atoms with Crippen LogP contribution in [0.2, 0.25) is 0 Å². The largest absolute Gasteiger partial charge is 0.361 e. The van der Waals surface area contributed by atoms with Crippen molar-refractivity contribution in [3.8, 4) is 0 Å². The summed E-state index contributed by atoms with van der Waals surface area (Å²) < 4.78 is 14.6. The van der Waals surface area contributed by atoms with E-state index in [0.717, 1.165) is 0 Å². The molecule has 0 unspecified atom stereocenters. The number of nitro groups is 2. The summed E-state index contributed by atoms with van der Waals surface area (Å²) in [5, 5.41) is 24.2. The molecule has 0 aromatic heterocycles. The van der Waals surface area contributed by atoms with Gasteiger partial charge in [-0.1, -0.05) is 6.92 Å². The number of benzene rings is 2. The molecule has 2 aromatic rings. The highest BCUT2D eigenvalue weighted by atomic mass is 19.1. The van der Waals surface area contributed by atoms with Gasteiger partial charge in [-0.05, 0) is 41.8 Å². The lowest BCUT2D eigenvalue weighted by atomic mass is 9.98. The number of hydrogen-bond acceptors (Lipinski definition) is 5. The summed E-state index contributed by atoms with van der Waals surface area (Å²) in [6.45, 7) is 2.30. The van der Waals surface area contributed by atoms with Crippen LogP contribution in [0.15, 0.2) is 54.5 Å². The van der Waals surface area contributed by atoms with E-state index in [2.05, 4.69) is 5.32 Å². The fraction of sp³-hybridized carbons (Fsp3) is 0.176. The van der Waals surface area contributed by atoms with Crippen molar-refractivity contribution in [2.75, 3.05) is 6.54 Å². The van der Waals surface area contributed by atoms with Crippen LogP contribution in [-0.4, -0.2) is 16.4 Å². The monoisotopic (exact) mass is 345 g/mol. The molecule has 0 heterocycles. The number of hydrogen-bond donors (Lipinski definition) is 1. The maximum absolute atomic E-state index is 14.6. The minimum absolute atomic E-state index is 0.103. The van der Waals surface area contributed by atoms with E-state index in [9.17, 15) is 24.6 Å². The van der Waals surface area contributed by atoms with Gasteiger partial charge in [-0.25, -0.2) is 0 Å². The Kier molecular flexibility index (Phi) is 5.78. The molecule has 0 spiro atoms. The summed E-state index contributed by atoms with van der Waals surface area (Å²) in [4.78, 5) is 20.5. The molecular weight excluding hydrogens is 329 g/mol. The van der Waals surface area contributed by atoms with Crippen LogP contribution in [0.4, 0.5) is 15.8 Å². The van der Waals surface area contributed by atoms with E-state index in [0.29, 0.717) is 24.1 Å². The van der Waals surface area contributed by atoms with Crippen molar-refractivity contribution >= 4 is 16.9 Å². The third kappa shape index (κ3) is 4.37. The van der Waals surface area contributed by atoms with E-state index < -0.39 is 15.8 Å². The Balaban J connectivity index is 2.49. The SMILES string of the molecule is CCCNC(F)=C(c1ccc([N+](=O)[O-])cc1)c1ccc([N+](=O)[O-])cc1. The first-order chi connectivity index (χ1) is 11.9. The first kappa shape index (κ1) is 18.1. The van der Waals surface area contributed by atoms with Gasteiger partial charge in [-0.15, -0.1) is 0 Å². The predicted molar refractivity (Wildman–Crippen MR) is 91.6 cm³/mol. The zero-order valence-corrected chi connectivity index (χ0v) is 13.4. The molecule has 130 valence electrons. The van der Waals surface area contributed by atoms with Crippen LogP contribution in [0, 0.1) is 20.2 Å². The van der Waals surface area contributed by atoms with Crippen LogP contribution >= 0.6 is 0 Å². The normalized spacial score (nSPS) is 10.2. The Hall–Kier alpha value is -3.29. The second kappa shape index (κ2) is 8.00. The smallest absolute Gasteiger partial charge is 0.269 e. The highest BCUT2D eigenvalue weighted by Gasteiger charge is 2.15. The maximum Gasteiger partial charge on any atom is 0.269 e. The zero-order valence-electron chi connectivity index (χ0n) is 13.4. The fourth-order valence-corrected chi connectivity index (χ4v) is 2.24. The highest BCUT2D eigenvalue weighted by Crippen LogP contribution is 2.29. The zero-order chi connectivity index (χ0) is 18.4. The van der Waals surface area contributed by atoms with E-state index >= 15 is 0 Å². The Bertz CT molecular complexity index is 742. The minimum Gasteiger partial charge on any atom is -0.361 e. The third-order valence-electron chi connectivity index (χ3n) is 3.48. The first-order valence-corrected chi connectivity index (χ1v) is 7.57. The van der Waals surface area contributed by atoms with Gasteiger partial charge in [0.15, 0.2) is 5.95 Å². The van der Waals surface area contributed by atoms with Crippen LogP contribution in [-0.2, 0) is 0 Å². The molecule has 2 aromatic carbocycles. The molecule has 0 radical (unpaired) electrons. The second-order valence-electron chi connectivity index (χ2n) is 5.22. The molecule has 0 saturated heterocycles. The van der Waals surface area contributed by atoms with Gasteiger partial charge >= 0.3 is 0 Å². The molecule has 25 heavy (non-hydrogen) atoms. The van der Waals surface area contributed by atoms with Gasteiger partial charge < -0.3 is 5.32 Å². The number of halogens is 1. The van der Waals surface area contributed by atoms with Crippen molar-refractivity contribution in [3.63, 3.8) is 0 Å². The Morgan fingerprint density at radius 3 is 1.64 bits per heavy atom. The molecule has 0 bridgehead atoms. The van der Waals surface area contributed by atoms with Gasteiger partial charge in [-0.3, -0.25) is 20.2 Å². The Morgan fingerprint density at radius 2 is 1.32 bits per heavy atom. The van der Waals surface area contributed by atoms with Gasteiger partial charge in [-0.2, -0.15) is 4.39 Å². The summed E-state index contributed by atoms with van der Waals surface area (Å²) in [6.07, 6.45) is 0.710. The predicted octanol–water partition coefficient (Wildman–Crippen LogP) is 4.19. The van der Waals surface area contributed by atoms with Crippen molar-refractivity contribution in [1.29, 1.82) is 0 Å². The lowest BCUT2D eigenvalue weighted by Gasteiger charge is -2.12. The fourth-order valence-electron chi connectivity index (χ4n) is 2.24. The van der Waals surface area contributed by atoms with Crippen LogP contribution < -0.4 is 5.32 Å². The third-order valence-corrected chi connectivity index (χ3v) is 3.48. The lowest BCUT2D eigenvalue weighted by molar-refractivity contribution is -0.385. The van der Waals surface area contributed by atoms with Crippen molar-refractivity contribution in [1.82, 2.24) is 5.32 Å². The van der Waals surface area contributed by atoms with E-state index in [-0.39, 0.29) is 16.9 Å². The summed E-state index contributed by atoms with van der Waals surface area (Å²) in [5.74, 6) is -0.593. The molecule has 1 N–H and O–H groups in total. The molecule has 7 nitrogen and oxygen atoms in total. The lowest BCUT2D eigenvalue weighted by Crippen LogP contribution is -2.13. The summed E-state index contributed by atoms with van der Waals surface area (Å²) >= 11 is 0. The van der Waals surface area contributed by atoms with Crippen molar-refractivity contribution in [3.05, 3.63) is 85.8 Å². The molecule has 0 fully saturated rings. The first-order valence-electron chi connectivity index (χ1n) is 7.57. The Labute approximate surface area is 143 Å². The van der Waals surface area contributed by atoms with E-state index in [4.69, 9.17) is 0 Å². The van der Waals surface area contributed by atoms with Gasteiger partial charge in [0.2, 0.25) is 0 Å². The number of rotatable bonds is 7. The van der Waals surface area contributed by atoms with Gasteiger partial charge in [0, 0.05) is 36.4 Å². The highest BCUT2D eigenvalue weighted by molar-refractivity contribution is 5.81. The molecule has 0 aliphatic heterocycles. The summed E-state index contributed by atoms with van der Waals surface area (Å²) in [7, 11) is 0. The van der Waals surface area contributed by atoms with E-state index in [1.165, 1.54) is 48.5 Å². The molecule has 8 heteroatoms. The summed E-state index contributed by atoms with van der Waals surface area (Å²) in [6, 6.07) is 10.9. The van der Waals surface area contributed by atoms with Crippen molar-refractivity contribution in [2.24, 2.45) is 0 Å². The molecule has 0 aliphatic carbocycles. The van der Waals surface area contributed by atoms with Gasteiger partial charge in [0.25, 0.3) is 11.4 Å². The number of non-ortho nitro benzene ring substituents is 2. The van der Waals surface area contributed by atoms with Crippen molar-refractivity contribution < 1.29 is 14.2 Å². The number of nitrogens with one attached hydrogen (secondary N) is 1. The Morgan fingerprint density at radius 1 is 0.920 bits per heavy atom. The van der Waals surface area contributed by atoms with Crippen molar-refractivity contribution in [2.45, 2.75) is 13.3 Å². The molecular formula is C17H16FN3O4. The van der Waals surface area contributed by atoms with Crippen LogP contribution in [0.25, 0.3) is 5.57 Å². The standard InChI is InChI=1S/C17H16FN3O4/c1-2-11-19-17(18)16(12-3-7-14(8-4-12)20(22)23)13-5-9-15(10-6-13)21(24)25/h3-10,19H,2,11H2,1H3. The van der Waals surface area contributed by atoms with Gasteiger partial charge in [0.05, 0.1) is 9.85 Å². The van der Waals surface area contributed by atoms with E-state index in [1.54, 1.807) is 0 Å². The number of nitro benzene ring substituents is 2. The second-order valence-corrected chi connectivity index (χ2v) is 5.22. The topological polar surface area (TPSA) is 98.3 Å². The average Bonchev–Trinajstić information content (AvgIpc) is 2.61. The molecule has 0 atom stereocenters. The van der Waals surface area contributed by atoms with E-state index in [1.807, 2.05) is 6.92 Å². The maximum atomic E-state index is 14.6. The average molecular weight is 345 g/mol. The quantitative estimate of drug-likeness (QED) is 0.461. The molecule has 0 aliphatic rings. The minimum atomic E-state index is -0.593. The molecule has 0 amide bonds. The van der Waals surface area contributed by atoms with Crippen LogP contribution in [0.5, 0.6) is 0 Å². The van der Waals surface area contributed by atoms with Crippen LogP contribution in [0.3, 0.4) is 0 Å². The molecule has 2 rings (SSSR count).